The second kappa shape index (κ2) is 9.86. The number of rotatable bonds is 6. The number of fused-ring (bicyclic) bond motifs is 1. The van der Waals surface area contributed by atoms with Gasteiger partial charge in [0, 0.05) is 25.7 Å². The standard InChI is InChI=1S/C21H25N3O3.HI/c1-22-21(23-12-15-9-10-19-20(11-15)26-14-25-19)24-13-16-5-2-3-8-18(16)27-17-6-4-7-17;/h2-3,5,8-11,17H,4,6-7,12-14H2,1H3,(H2,22,23,24);1H. The van der Waals surface area contributed by atoms with Crippen molar-refractivity contribution < 1.29 is 14.2 Å². The van der Waals surface area contributed by atoms with Gasteiger partial charge in [-0.3, -0.25) is 4.99 Å². The van der Waals surface area contributed by atoms with Gasteiger partial charge in [0.2, 0.25) is 6.79 Å². The smallest absolute Gasteiger partial charge is 0.231 e. The van der Waals surface area contributed by atoms with Gasteiger partial charge in [-0.05, 0) is 43.0 Å². The first-order valence-electron chi connectivity index (χ1n) is 9.39. The highest BCUT2D eigenvalue weighted by Crippen LogP contribution is 2.32. The van der Waals surface area contributed by atoms with Gasteiger partial charge in [-0.25, -0.2) is 0 Å². The highest BCUT2D eigenvalue weighted by molar-refractivity contribution is 14.0. The van der Waals surface area contributed by atoms with Crippen molar-refractivity contribution >= 4 is 29.9 Å². The third-order valence-electron chi connectivity index (χ3n) is 4.89. The van der Waals surface area contributed by atoms with E-state index in [4.69, 9.17) is 14.2 Å². The van der Waals surface area contributed by atoms with Crippen molar-refractivity contribution in [3.8, 4) is 17.2 Å². The second-order valence-electron chi connectivity index (χ2n) is 6.75. The Morgan fingerprint density at radius 2 is 1.86 bits per heavy atom. The number of para-hydroxylation sites is 1. The molecule has 0 radical (unpaired) electrons. The second-order valence-corrected chi connectivity index (χ2v) is 6.75. The van der Waals surface area contributed by atoms with Crippen LogP contribution in [0.2, 0.25) is 0 Å². The van der Waals surface area contributed by atoms with E-state index in [1.807, 2.05) is 36.4 Å². The van der Waals surface area contributed by atoms with Crippen LogP contribution in [0.4, 0.5) is 0 Å². The molecule has 1 saturated carbocycles. The van der Waals surface area contributed by atoms with Gasteiger partial charge < -0.3 is 24.8 Å². The SMILES string of the molecule is CN=C(NCc1ccc2c(c1)OCO2)NCc1ccccc1OC1CCC1.I. The molecule has 6 nitrogen and oxygen atoms in total. The zero-order chi connectivity index (χ0) is 18.5. The zero-order valence-corrected chi connectivity index (χ0v) is 18.3. The summed E-state index contributed by atoms with van der Waals surface area (Å²) in [6.45, 7) is 1.60. The minimum atomic E-state index is 0. The van der Waals surface area contributed by atoms with Crippen molar-refractivity contribution in [3.63, 3.8) is 0 Å². The van der Waals surface area contributed by atoms with Crippen molar-refractivity contribution in [3.05, 3.63) is 53.6 Å². The molecule has 0 saturated heterocycles. The van der Waals surface area contributed by atoms with Gasteiger partial charge in [-0.15, -0.1) is 24.0 Å². The maximum Gasteiger partial charge on any atom is 0.231 e. The van der Waals surface area contributed by atoms with Crippen LogP contribution in [0, 0.1) is 0 Å². The Bertz CT molecular complexity index is 824. The monoisotopic (exact) mass is 495 g/mol. The van der Waals surface area contributed by atoms with Gasteiger partial charge in [0.1, 0.15) is 5.75 Å². The lowest BCUT2D eigenvalue weighted by Gasteiger charge is -2.27. The summed E-state index contributed by atoms with van der Waals surface area (Å²) in [4.78, 5) is 4.31. The molecule has 1 heterocycles. The molecule has 1 aliphatic heterocycles. The van der Waals surface area contributed by atoms with Gasteiger partial charge in [0.15, 0.2) is 17.5 Å². The fourth-order valence-electron chi connectivity index (χ4n) is 3.07. The van der Waals surface area contributed by atoms with E-state index in [2.05, 4.69) is 21.7 Å². The third-order valence-corrected chi connectivity index (χ3v) is 4.89. The lowest BCUT2D eigenvalue weighted by Crippen LogP contribution is -2.36. The molecule has 150 valence electrons. The summed E-state index contributed by atoms with van der Waals surface area (Å²) in [5.41, 5.74) is 2.24. The number of benzene rings is 2. The summed E-state index contributed by atoms with van der Waals surface area (Å²) in [6.07, 6.45) is 3.94. The Balaban J connectivity index is 0.00000225. The molecule has 7 heteroatoms. The minimum Gasteiger partial charge on any atom is -0.490 e. The van der Waals surface area contributed by atoms with E-state index < -0.39 is 0 Å². The zero-order valence-electron chi connectivity index (χ0n) is 15.9. The lowest BCUT2D eigenvalue weighted by molar-refractivity contribution is 0.119. The van der Waals surface area contributed by atoms with Crippen molar-refractivity contribution in [2.24, 2.45) is 4.99 Å². The van der Waals surface area contributed by atoms with Crippen molar-refractivity contribution in [2.45, 2.75) is 38.5 Å². The number of hydrogen-bond acceptors (Lipinski definition) is 4. The van der Waals surface area contributed by atoms with Gasteiger partial charge in [-0.2, -0.15) is 0 Å². The summed E-state index contributed by atoms with van der Waals surface area (Å²) in [5, 5.41) is 6.69. The molecule has 0 unspecified atom stereocenters. The molecule has 0 bridgehead atoms. The van der Waals surface area contributed by atoms with Crippen LogP contribution in [0.3, 0.4) is 0 Å². The average molecular weight is 495 g/mol. The molecular weight excluding hydrogens is 469 g/mol. The van der Waals surface area contributed by atoms with Crippen molar-refractivity contribution in [1.29, 1.82) is 0 Å². The molecular formula is C21H26IN3O3. The van der Waals surface area contributed by atoms with Gasteiger partial charge >= 0.3 is 0 Å². The number of ether oxygens (including phenoxy) is 3. The Hall–Kier alpha value is -2.16. The van der Waals surface area contributed by atoms with Crippen LogP contribution in [0.25, 0.3) is 0 Å². The van der Waals surface area contributed by atoms with Crippen LogP contribution >= 0.6 is 24.0 Å². The Kier molecular flexibility index (Phi) is 7.24. The van der Waals surface area contributed by atoms with Crippen LogP contribution in [0.15, 0.2) is 47.5 Å². The molecule has 0 amide bonds. The van der Waals surface area contributed by atoms with E-state index in [0.29, 0.717) is 19.2 Å². The normalized spacial score (nSPS) is 15.4. The Morgan fingerprint density at radius 1 is 1.07 bits per heavy atom. The van der Waals surface area contributed by atoms with Crippen LogP contribution in [0.5, 0.6) is 17.2 Å². The first-order valence-corrected chi connectivity index (χ1v) is 9.39. The maximum atomic E-state index is 6.09. The van der Waals surface area contributed by atoms with Crippen LogP contribution in [-0.2, 0) is 13.1 Å². The van der Waals surface area contributed by atoms with Gasteiger partial charge in [0.25, 0.3) is 0 Å². The fourth-order valence-corrected chi connectivity index (χ4v) is 3.07. The quantitative estimate of drug-likeness (QED) is 0.363. The largest absolute Gasteiger partial charge is 0.490 e. The van der Waals surface area contributed by atoms with Gasteiger partial charge in [0.05, 0.1) is 6.10 Å². The topological polar surface area (TPSA) is 64.1 Å². The molecule has 0 spiro atoms. The van der Waals surface area contributed by atoms with E-state index in [1.165, 1.54) is 6.42 Å². The van der Waals surface area contributed by atoms with Crippen molar-refractivity contribution in [1.82, 2.24) is 10.6 Å². The first kappa shape index (κ1) is 20.6. The lowest BCUT2D eigenvalue weighted by atomic mass is 9.96. The van der Waals surface area contributed by atoms with Crippen LogP contribution < -0.4 is 24.8 Å². The number of nitrogens with one attached hydrogen (secondary N) is 2. The summed E-state index contributed by atoms with van der Waals surface area (Å²) < 4.78 is 16.9. The fraction of sp³-hybridized carbons (Fsp3) is 0.381. The van der Waals surface area contributed by atoms with Crippen molar-refractivity contribution in [2.75, 3.05) is 13.8 Å². The molecule has 4 rings (SSSR count). The van der Waals surface area contributed by atoms with E-state index in [-0.39, 0.29) is 30.8 Å². The number of aliphatic imine (C=N–C) groups is 1. The molecule has 28 heavy (non-hydrogen) atoms. The molecule has 2 aromatic carbocycles. The third kappa shape index (κ3) is 5.01. The molecule has 0 atom stereocenters. The molecule has 2 aromatic rings. The summed E-state index contributed by atoms with van der Waals surface area (Å²) in [6, 6.07) is 14.1. The Labute approximate surface area is 182 Å². The highest BCUT2D eigenvalue weighted by Gasteiger charge is 2.20. The van der Waals surface area contributed by atoms with E-state index in [1.54, 1.807) is 7.05 Å². The van der Waals surface area contributed by atoms with Gasteiger partial charge in [-0.1, -0.05) is 24.3 Å². The molecule has 1 fully saturated rings. The number of hydrogen-bond donors (Lipinski definition) is 2. The number of nitrogens with zero attached hydrogens (tertiary/aromatic N) is 1. The van der Waals surface area contributed by atoms with E-state index >= 15 is 0 Å². The molecule has 1 aliphatic carbocycles. The van der Waals surface area contributed by atoms with E-state index in [9.17, 15) is 0 Å². The Morgan fingerprint density at radius 3 is 2.64 bits per heavy atom. The predicted octanol–water partition coefficient (Wildman–Crippen LogP) is 3.83. The first-order chi connectivity index (χ1) is 13.3. The predicted molar refractivity (Wildman–Crippen MR) is 120 cm³/mol. The van der Waals surface area contributed by atoms with Crippen LogP contribution in [0.1, 0.15) is 30.4 Å². The molecule has 2 aliphatic rings. The minimum absolute atomic E-state index is 0. The summed E-state index contributed by atoms with van der Waals surface area (Å²) in [7, 11) is 1.77. The maximum absolute atomic E-state index is 6.09. The summed E-state index contributed by atoms with van der Waals surface area (Å²) in [5.74, 6) is 3.29. The molecule has 0 aromatic heterocycles. The highest BCUT2D eigenvalue weighted by atomic mass is 127. The average Bonchev–Trinajstić information content (AvgIpc) is 3.13. The van der Waals surface area contributed by atoms with E-state index in [0.717, 1.165) is 47.2 Å². The summed E-state index contributed by atoms with van der Waals surface area (Å²) >= 11 is 0. The number of halogens is 1. The molecule has 2 N–H and O–H groups in total. The van der Waals surface area contributed by atoms with Crippen LogP contribution in [-0.4, -0.2) is 25.9 Å². The number of guanidine groups is 1.